The molecule has 0 spiro atoms. The Hall–Kier alpha value is -2.22. The fourth-order valence-electron chi connectivity index (χ4n) is 1.70. The number of nitro benzene ring substituents is 1. The molecule has 0 radical (unpaired) electrons. The van der Waals surface area contributed by atoms with Crippen LogP contribution in [0.4, 0.5) is 11.4 Å². The average Bonchev–Trinajstić information content (AvgIpc) is 2.36. The van der Waals surface area contributed by atoms with E-state index < -0.39 is 4.92 Å². The van der Waals surface area contributed by atoms with E-state index in [0.29, 0.717) is 12.2 Å². The highest BCUT2D eigenvalue weighted by molar-refractivity contribution is 7.80. The Morgan fingerprint density at radius 1 is 1.41 bits per heavy atom. The predicted octanol–water partition coefficient (Wildman–Crippen LogP) is 2.85. The third-order valence-electron chi connectivity index (χ3n) is 2.59. The Morgan fingerprint density at radius 2 is 2.05 bits per heavy atom. The molecule has 0 atom stereocenters. The maximum absolute atomic E-state index is 11.8. The van der Waals surface area contributed by atoms with Gasteiger partial charge in [-0.15, -0.1) is 0 Å². The number of thiocarbonyl (C=S) groups is 1. The van der Waals surface area contributed by atoms with E-state index in [1.165, 1.54) is 19.2 Å². The largest absolute Gasteiger partial charge is 0.496 e. The van der Waals surface area contributed by atoms with Crippen molar-refractivity contribution in [1.82, 2.24) is 5.32 Å². The first-order chi connectivity index (χ1) is 10.1. The molecule has 1 rings (SSSR count). The van der Waals surface area contributed by atoms with Gasteiger partial charge in [0, 0.05) is 6.42 Å². The SMILES string of the molecule is COc1ccc(NC(=S)NC(=O)CC(C)(C)C)c([N+](=O)[O-])c1. The molecule has 1 aromatic rings. The number of nitro groups is 1. The zero-order valence-electron chi connectivity index (χ0n) is 12.9. The zero-order chi connectivity index (χ0) is 16.9. The van der Waals surface area contributed by atoms with Crippen LogP contribution in [0.15, 0.2) is 18.2 Å². The first-order valence-corrected chi connectivity index (χ1v) is 6.96. The lowest BCUT2D eigenvalue weighted by Crippen LogP contribution is -2.36. The highest BCUT2D eigenvalue weighted by Gasteiger charge is 2.19. The van der Waals surface area contributed by atoms with E-state index in [1.54, 1.807) is 6.07 Å². The number of carbonyl (C=O) groups excluding carboxylic acids is 1. The van der Waals surface area contributed by atoms with Crippen LogP contribution in [0, 0.1) is 15.5 Å². The maximum atomic E-state index is 11.8. The molecule has 0 aliphatic rings. The lowest BCUT2D eigenvalue weighted by atomic mass is 9.92. The van der Waals surface area contributed by atoms with Gasteiger partial charge in [-0.25, -0.2) is 0 Å². The molecule has 0 heterocycles. The summed E-state index contributed by atoms with van der Waals surface area (Å²) >= 11 is 5.01. The number of hydrogen-bond acceptors (Lipinski definition) is 5. The second-order valence-corrected chi connectivity index (χ2v) is 6.29. The van der Waals surface area contributed by atoms with E-state index in [2.05, 4.69) is 10.6 Å². The summed E-state index contributed by atoms with van der Waals surface area (Å²) < 4.78 is 4.95. The molecule has 0 saturated carbocycles. The minimum atomic E-state index is -0.551. The van der Waals surface area contributed by atoms with Crippen LogP contribution in [0.2, 0.25) is 0 Å². The fourth-order valence-corrected chi connectivity index (χ4v) is 1.93. The molecular formula is C14H19N3O4S. The normalized spacial score (nSPS) is 10.7. The van der Waals surface area contributed by atoms with Gasteiger partial charge in [-0.2, -0.15) is 0 Å². The molecule has 1 aromatic carbocycles. The molecule has 0 aliphatic carbocycles. The number of benzene rings is 1. The predicted molar refractivity (Wildman–Crippen MR) is 88.1 cm³/mol. The van der Waals surface area contributed by atoms with Crippen LogP contribution in [0.25, 0.3) is 0 Å². The third-order valence-corrected chi connectivity index (χ3v) is 2.80. The summed E-state index contributed by atoms with van der Waals surface area (Å²) in [5.41, 5.74) is -0.176. The van der Waals surface area contributed by atoms with Crippen LogP contribution in [0.5, 0.6) is 5.75 Å². The lowest BCUT2D eigenvalue weighted by molar-refractivity contribution is -0.384. The summed E-state index contributed by atoms with van der Waals surface area (Å²) in [7, 11) is 1.42. The molecule has 2 N–H and O–H groups in total. The Kier molecular flexibility index (Phi) is 5.81. The van der Waals surface area contributed by atoms with Crippen LogP contribution < -0.4 is 15.4 Å². The van der Waals surface area contributed by atoms with Crippen molar-refractivity contribution in [3.8, 4) is 5.75 Å². The summed E-state index contributed by atoms with van der Waals surface area (Å²) in [6, 6.07) is 4.32. The summed E-state index contributed by atoms with van der Waals surface area (Å²) in [6.07, 6.45) is 0.291. The quantitative estimate of drug-likeness (QED) is 0.502. The number of carbonyl (C=O) groups is 1. The standard InChI is InChI=1S/C14H19N3O4S/c1-14(2,3)8-12(18)16-13(22)15-10-6-5-9(21-4)7-11(10)17(19)20/h5-7H,8H2,1-4H3,(H2,15,16,18,22). The molecule has 7 nitrogen and oxygen atoms in total. The van der Waals surface area contributed by atoms with E-state index in [-0.39, 0.29) is 27.8 Å². The van der Waals surface area contributed by atoms with E-state index in [0.717, 1.165) is 0 Å². The van der Waals surface area contributed by atoms with E-state index >= 15 is 0 Å². The molecule has 0 saturated heterocycles. The Morgan fingerprint density at radius 3 is 2.55 bits per heavy atom. The Balaban J connectivity index is 2.80. The number of ether oxygens (including phenoxy) is 1. The smallest absolute Gasteiger partial charge is 0.296 e. The zero-order valence-corrected chi connectivity index (χ0v) is 13.7. The second kappa shape index (κ2) is 7.17. The van der Waals surface area contributed by atoms with Crippen molar-refractivity contribution in [3.63, 3.8) is 0 Å². The van der Waals surface area contributed by atoms with Crippen molar-refractivity contribution in [2.24, 2.45) is 5.41 Å². The van der Waals surface area contributed by atoms with Gasteiger partial charge >= 0.3 is 0 Å². The van der Waals surface area contributed by atoms with E-state index in [9.17, 15) is 14.9 Å². The minimum Gasteiger partial charge on any atom is -0.496 e. The van der Waals surface area contributed by atoms with Crippen LogP contribution >= 0.6 is 12.2 Å². The summed E-state index contributed by atoms with van der Waals surface area (Å²) in [5, 5.41) is 16.2. The lowest BCUT2D eigenvalue weighted by Gasteiger charge is -2.17. The minimum absolute atomic E-state index is 0.0162. The molecule has 22 heavy (non-hydrogen) atoms. The van der Waals surface area contributed by atoms with Crippen LogP contribution in [-0.4, -0.2) is 23.1 Å². The number of amides is 1. The fraction of sp³-hybridized carbons (Fsp3) is 0.429. The maximum Gasteiger partial charge on any atom is 0.296 e. The van der Waals surface area contributed by atoms with Crippen LogP contribution in [-0.2, 0) is 4.79 Å². The Labute approximate surface area is 134 Å². The van der Waals surface area contributed by atoms with Gasteiger partial charge in [-0.05, 0) is 29.8 Å². The highest BCUT2D eigenvalue weighted by atomic mass is 32.1. The number of nitrogens with zero attached hydrogens (tertiary/aromatic N) is 1. The van der Waals surface area contributed by atoms with Crippen molar-refractivity contribution in [1.29, 1.82) is 0 Å². The number of nitrogens with one attached hydrogen (secondary N) is 2. The average molecular weight is 325 g/mol. The monoisotopic (exact) mass is 325 g/mol. The van der Waals surface area contributed by atoms with Gasteiger partial charge in [0.15, 0.2) is 5.11 Å². The first-order valence-electron chi connectivity index (χ1n) is 6.55. The summed E-state index contributed by atoms with van der Waals surface area (Å²) in [4.78, 5) is 22.3. The van der Waals surface area contributed by atoms with Gasteiger partial charge in [0.25, 0.3) is 5.69 Å². The van der Waals surface area contributed by atoms with Crippen LogP contribution in [0.1, 0.15) is 27.2 Å². The van der Waals surface area contributed by atoms with Gasteiger partial charge in [0.2, 0.25) is 5.91 Å². The number of methoxy groups -OCH3 is 1. The van der Waals surface area contributed by atoms with Gasteiger partial charge in [0.1, 0.15) is 11.4 Å². The number of rotatable bonds is 4. The molecule has 1 amide bonds. The molecule has 0 unspecified atom stereocenters. The molecule has 0 fully saturated rings. The van der Waals surface area contributed by atoms with Crippen molar-refractivity contribution in [2.75, 3.05) is 12.4 Å². The van der Waals surface area contributed by atoms with E-state index in [1.807, 2.05) is 20.8 Å². The molecule has 120 valence electrons. The summed E-state index contributed by atoms with van der Waals surface area (Å²) in [5.74, 6) is 0.112. The van der Waals surface area contributed by atoms with E-state index in [4.69, 9.17) is 17.0 Å². The first kappa shape index (κ1) is 17.8. The van der Waals surface area contributed by atoms with Gasteiger partial charge < -0.3 is 15.4 Å². The third kappa shape index (κ3) is 5.65. The Bertz CT molecular complexity index is 596. The molecule has 0 aliphatic heterocycles. The van der Waals surface area contributed by atoms with Crippen molar-refractivity contribution < 1.29 is 14.5 Å². The van der Waals surface area contributed by atoms with Gasteiger partial charge in [-0.3, -0.25) is 14.9 Å². The number of anilines is 1. The van der Waals surface area contributed by atoms with Gasteiger partial charge in [0.05, 0.1) is 18.1 Å². The molecular weight excluding hydrogens is 306 g/mol. The molecule has 0 aromatic heterocycles. The van der Waals surface area contributed by atoms with Crippen molar-refractivity contribution in [3.05, 3.63) is 28.3 Å². The second-order valence-electron chi connectivity index (χ2n) is 5.88. The molecule has 8 heteroatoms. The highest BCUT2D eigenvalue weighted by Crippen LogP contribution is 2.28. The number of hydrogen-bond donors (Lipinski definition) is 2. The molecule has 0 bridgehead atoms. The van der Waals surface area contributed by atoms with Gasteiger partial charge in [-0.1, -0.05) is 20.8 Å². The topological polar surface area (TPSA) is 93.5 Å². The van der Waals surface area contributed by atoms with Crippen LogP contribution in [0.3, 0.4) is 0 Å². The summed E-state index contributed by atoms with van der Waals surface area (Å²) in [6.45, 7) is 5.78. The van der Waals surface area contributed by atoms with Crippen molar-refractivity contribution in [2.45, 2.75) is 27.2 Å². The van der Waals surface area contributed by atoms with Crippen molar-refractivity contribution >= 4 is 34.6 Å².